The number of nitrogens with one attached hydrogen (secondary N) is 1. The van der Waals surface area contributed by atoms with Crippen molar-refractivity contribution in [2.45, 2.75) is 13.5 Å². The Morgan fingerprint density at radius 2 is 2.15 bits per heavy atom. The first-order valence-corrected chi connectivity index (χ1v) is 7.95. The first-order chi connectivity index (χ1) is 9.51. The van der Waals surface area contributed by atoms with Crippen molar-refractivity contribution in [1.29, 1.82) is 0 Å². The summed E-state index contributed by atoms with van der Waals surface area (Å²) in [5, 5.41) is 5.13. The van der Waals surface area contributed by atoms with Crippen LogP contribution in [0.15, 0.2) is 33.4 Å². The summed E-state index contributed by atoms with van der Waals surface area (Å²) in [5.41, 5.74) is 3.79. The molecule has 0 atom stereocenters. The van der Waals surface area contributed by atoms with E-state index in [-0.39, 0.29) is 5.91 Å². The van der Waals surface area contributed by atoms with E-state index in [1.165, 1.54) is 0 Å². The van der Waals surface area contributed by atoms with Crippen LogP contribution in [0.2, 0.25) is 0 Å². The minimum Gasteiger partial charge on any atom is -0.387 e. The van der Waals surface area contributed by atoms with E-state index in [0.717, 1.165) is 20.6 Å². The van der Waals surface area contributed by atoms with Crippen LogP contribution in [0.25, 0.3) is 0 Å². The van der Waals surface area contributed by atoms with E-state index in [4.69, 9.17) is 0 Å². The molecule has 0 spiro atoms. The number of aryl methyl sites for hydroxylation is 1. The van der Waals surface area contributed by atoms with Gasteiger partial charge in [0.25, 0.3) is 5.91 Å². The number of halogens is 1. The Kier molecular flexibility index (Phi) is 4.83. The van der Waals surface area contributed by atoms with Crippen molar-refractivity contribution in [3.8, 4) is 0 Å². The number of carbonyl (C=O) groups is 1. The highest BCUT2D eigenvalue weighted by Crippen LogP contribution is 2.23. The van der Waals surface area contributed by atoms with Crippen LogP contribution < -0.4 is 5.32 Å². The van der Waals surface area contributed by atoms with E-state index in [1.807, 2.05) is 45.3 Å². The number of thiophene rings is 1. The van der Waals surface area contributed by atoms with E-state index >= 15 is 0 Å². The van der Waals surface area contributed by atoms with E-state index in [0.29, 0.717) is 12.1 Å². The third-order valence-electron chi connectivity index (χ3n) is 3.06. The van der Waals surface area contributed by atoms with Crippen molar-refractivity contribution in [1.82, 2.24) is 4.90 Å². The van der Waals surface area contributed by atoms with Gasteiger partial charge in [0.05, 0.1) is 9.35 Å². The van der Waals surface area contributed by atoms with Crippen molar-refractivity contribution in [3.63, 3.8) is 0 Å². The highest BCUT2D eigenvalue weighted by Gasteiger charge is 2.16. The molecule has 1 amide bonds. The molecule has 0 radical (unpaired) electrons. The number of rotatable bonds is 4. The summed E-state index contributed by atoms with van der Waals surface area (Å²) in [6.07, 6.45) is 0. The maximum Gasteiger partial charge on any atom is 0.256 e. The Morgan fingerprint density at radius 1 is 1.40 bits per heavy atom. The average molecular weight is 353 g/mol. The molecule has 2 rings (SSSR count). The third-order valence-corrected chi connectivity index (χ3v) is 4.62. The highest BCUT2D eigenvalue weighted by atomic mass is 79.9. The van der Waals surface area contributed by atoms with E-state index in [9.17, 15) is 4.79 Å². The van der Waals surface area contributed by atoms with Gasteiger partial charge in [-0.25, -0.2) is 0 Å². The predicted octanol–water partition coefficient (Wildman–Crippen LogP) is 4.13. The zero-order chi connectivity index (χ0) is 14.7. The maximum atomic E-state index is 12.6. The van der Waals surface area contributed by atoms with Crippen LogP contribution in [0.5, 0.6) is 0 Å². The Hall–Kier alpha value is -1.33. The van der Waals surface area contributed by atoms with Gasteiger partial charge < -0.3 is 10.2 Å². The van der Waals surface area contributed by atoms with Gasteiger partial charge in [0.15, 0.2) is 0 Å². The van der Waals surface area contributed by atoms with Gasteiger partial charge in [-0.05, 0) is 52.0 Å². The molecule has 0 bridgehead atoms. The molecule has 1 N–H and O–H groups in total. The van der Waals surface area contributed by atoms with Crippen molar-refractivity contribution in [3.05, 3.63) is 50.1 Å². The molecule has 5 heteroatoms. The zero-order valence-electron chi connectivity index (χ0n) is 11.7. The number of benzene rings is 1. The second kappa shape index (κ2) is 6.41. The van der Waals surface area contributed by atoms with Crippen LogP contribution in [0.4, 0.5) is 5.69 Å². The van der Waals surface area contributed by atoms with Gasteiger partial charge in [0.1, 0.15) is 0 Å². The molecule has 0 saturated heterocycles. The van der Waals surface area contributed by atoms with Crippen LogP contribution in [-0.2, 0) is 6.54 Å². The standard InChI is InChI=1S/C15H17BrN2OS/c1-10-4-5-13(17-2)12(6-10)15(19)18(3)8-11-7-14(16)20-9-11/h4-7,9,17H,8H2,1-3H3. The Balaban J connectivity index is 2.20. The lowest BCUT2D eigenvalue weighted by molar-refractivity contribution is 0.0786. The quantitative estimate of drug-likeness (QED) is 0.896. The lowest BCUT2D eigenvalue weighted by Gasteiger charge is -2.19. The molecule has 0 aliphatic carbocycles. The summed E-state index contributed by atoms with van der Waals surface area (Å²) < 4.78 is 1.08. The Morgan fingerprint density at radius 3 is 2.75 bits per heavy atom. The van der Waals surface area contributed by atoms with Crippen molar-refractivity contribution in [2.75, 3.05) is 19.4 Å². The van der Waals surface area contributed by atoms with E-state index in [2.05, 4.69) is 26.6 Å². The summed E-state index contributed by atoms with van der Waals surface area (Å²) in [4.78, 5) is 14.3. The molecule has 0 unspecified atom stereocenters. The second-order valence-corrected chi connectivity index (χ2v) is 7.01. The third kappa shape index (κ3) is 3.41. The summed E-state index contributed by atoms with van der Waals surface area (Å²) in [6.45, 7) is 2.60. The molecule has 20 heavy (non-hydrogen) atoms. The fraction of sp³-hybridized carbons (Fsp3) is 0.267. The molecule has 1 aromatic heterocycles. The smallest absolute Gasteiger partial charge is 0.256 e. The van der Waals surface area contributed by atoms with Gasteiger partial charge >= 0.3 is 0 Å². The SMILES string of the molecule is CNc1ccc(C)cc1C(=O)N(C)Cc1csc(Br)c1. The molecule has 0 aliphatic heterocycles. The van der Waals surface area contributed by atoms with Gasteiger partial charge in [-0.15, -0.1) is 11.3 Å². The lowest BCUT2D eigenvalue weighted by Crippen LogP contribution is -2.26. The molecule has 3 nitrogen and oxygen atoms in total. The van der Waals surface area contributed by atoms with Crippen LogP contribution in [-0.4, -0.2) is 24.9 Å². The molecule has 106 valence electrons. The second-order valence-electron chi connectivity index (χ2n) is 4.72. The average Bonchev–Trinajstić information content (AvgIpc) is 2.83. The number of hydrogen-bond acceptors (Lipinski definition) is 3. The summed E-state index contributed by atoms with van der Waals surface area (Å²) in [6, 6.07) is 7.91. The lowest BCUT2D eigenvalue weighted by atomic mass is 10.1. The predicted molar refractivity (Wildman–Crippen MR) is 88.5 cm³/mol. The first-order valence-electron chi connectivity index (χ1n) is 6.28. The maximum absolute atomic E-state index is 12.6. The molecule has 1 heterocycles. The van der Waals surface area contributed by atoms with Gasteiger partial charge in [0.2, 0.25) is 0 Å². The largest absolute Gasteiger partial charge is 0.387 e. The number of hydrogen-bond donors (Lipinski definition) is 1. The number of nitrogens with zero attached hydrogens (tertiary/aromatic N) is 1. The highest BCUT2D eigenvalue weighted by molar-refractivity contribution is 9.11. The molecule has 0 aliphatic rings. The molecule has 0 saturated carbocycles. The van der Waals surface area contributed by atoms with Crippen LogP contribution in [0, 0.1) is 6.92 Å². The normalized spacial score (nSPS) is 10.4. The number of amides is 1. The van der Waals surface area contributed by atoms with E-state index in [1.54, 1.807) is 16.2 Å². The van der Waals surface area contributed by atoms with Crippen molar-refractivity contribution in [2.24, 2.45) is 0 Å². The van der Waals surface area contributed by atoms with Gasteiger partial charge in [-0.1, -0.05) is 11.6 Å². The van der Waals surface area contributed by atoms with E-state index < -0.39 is 0 Å². The summed E-state index contributed by atoms with van der Waals surface area (Å²) in [7, 11) is 3.66. The monoisotopic (exact) mass is 352 g/mol. The molecule has 0 fully saturated rings. The van der Waals surface area contributed by atoms with Gasteiger partial charge in [-0.3, -0.25) is 4.79 Å². The molecule has 1 aromatic carbocycles. The fourth-order valence-electron chi connectivity index (χ4n) is 2.03. The Bertz CT molecular complexity index is 624. The van der Waals surface area contributed by atoms with Crippen molar-refractivity contribution < 1.29 is 4.79 Å². The Labute approximate surface area is 131 Å². The topological polar surface area (TPSA) is 32.3 Å². The minimum atomic E-state index is 0.0281. The van der Waals surface area contributed by atoms with Gasteiger partial charge in [0, 0.05) is 26.3 Å². The first kappa shape index (κ1) is 15.1. The van der Waals surface area contributed by atoms with Crippen molar-refractivity contribution >= 4 is 38.9 Å². The van der Waals surface area contributed by atoms with Gasteiger partial charge in [-0.2, -0.15) is 0 Å². The molecular weight excluding hydrogens is 336 g/mol. The molecular formula is C15H17BrN2OS. The summed E-state index contributed by atoms with van der Waals surface area (Å²) >= 11 is 5.07. The number of carbonyl (C=O) groups excluding carboxylic acids is 1. The van der Waals surface area contributed by atoms with Crippen LogP contribution in [0.1, 0.15) is 21.5 Å². The summed E-state index contributed by atoms with van der Waals surface area (Å²) in [5.74, 6) is 0.0281. The minimum absolute atomic E-state index is 0.0281. The fourth-order valence-corrected chi connectivity index (χ4v) is 3.23. The molecule has 2 aromatic rings. The zero-order valence-corrected chi connectivity index (χ0v) is 14.1. The van der Waals surface area contributed by atoms with Crippen LogP contribution >= 0.6 is 27.3 Å². The van der Waals surface area contributed by atoms with Crippen LogP contribution in [0.3, 0.4) is 0 Å². The number of anilines is 1.